The molecule has 92 valence electrons. The van der Waals surface area contributed by atoms with Gasteiger partial charge in [-0.1, -0.05) is 6.42 Å². The number of carbonyl (C=O) groups excluding carboxylic acids is 1. The number of carboxylic acid groups (broad SMARTS) is 1. The Bertz CT molecular complexity index is 453. The monoisotopic (exact) mass is 317 g/mol. The summed E-state index contributed by atoms with van der Waals surface area (Å²) in [6, 6.07) is 3.52. The lowest BCUT2D eigenvalue weighted by Crippen LogP contribution is -2.47. The van der Waals surface area contributed by atoms with E-state index in [-0.39, 0.29) is 12.5 Å². The zero-order chi connectivity index (χ0) is 12.5. The van der Waals surface area contributed by atoms with Gasteiger partial charge in [0.05, 0.1) is 14.1 Å². The third-order valence-electron chi connectivity index (χ3n) is 3.15. The van der Waals surface area contributed by atoms with Crippen molar-refractivity contribution in [3.63, 3.8) is 0 Å². The molecule has 1 aromatic rings. The number of halogens is 1. The summed E-state index contributed by atoms with van der Waals surface area (Å²) in [7, 11) is 0. The van der Waals surface area contributed by atoms with Crippen molar-refractivity contribution in [2.24, 2.45) is 5.41 Å². The van der Waals surface area contributed by atoms with Crippen molar-refractivity contribution in [1.82, 2.24) is 5.32 Å². The predicted molar refractivity (Wildman–Crippen MR) is 68.3 cm³/mol. The predicted octanol–water partition coefficient (Wildman–Crippen LogP) is 2.50. The maximum absolute atomic E-state index is 11.8. The molecule has 0 saturated heterocycles. The number of amides is 1. The highest BCUT2D eigenvalue weighted by Gasteiger charge is 2.44. The highest BCUT2D eigenvalue weighted by Crippen LogP contribution is 2.40. The molecule has 1 amide bonds. The van der Waals surface area contributed by atoms with Crippen LogP contribution in [0.2, 0.25) is 0 Å². The van der Waals surface area contributed by atoms with Crippen LogP contribution in [0.4, 0.5) is 0 Å². The molecular formula is C11H12BrNO3S. The van der Waals surface area contributed by atoms with E-state index in [1.165, 1.54) is 11.3 Å². The maximum atomic E-state index is 11.8. The van der Waals surface area contributed by atoms with Crippen LogP contribution in [0.15, 0.2) is 15.9 Å². The van der Waals surface area contributed by atoms with Crippen LogP contribution in [0.1, 0.15) is 28.9 Å². The van der Waals surface area contributed by atoms with Crippen LogP contribution in [-0.4, -0.2) is 23.5 Å². The SMILES string of the molecule is O=C(NCC1(C(=O)O)CCC1)c1ccc(Br)s1. The van der Waals surface area contributed by atoms with Gasteiger partial charge in [0.15, 0.2) is 0 Å². The number of aliphatic carboxylic acids is 1. The number of hydrogen-bond donors (Lipinski definition) is 2. The first kappa shape index (κ1) is 12.6. The van der Waals surface area contributed by atoms with Crippen LogP contribution in [0, 0.1) is 5.41 Å². The molecule has 1 fully saturated rings. The average Bonchev–Trinajstić information content (AvgIpc) is 2.62. The van der Waals surface area contributed by atoms with Crippen LogP contribution in [0.3, 0.4) is 0 Å². The molecule has 6 heteroatoms. The van der Waals surface area contributed by atoms with Crippen molar-refractivity contribution in [3.8, 4) is 0 Å². The fraction of sp³-hybridized carbons (Fsp3) is 0.455. The molecule has 4 nitrogen and oxygen atoms in total. The fourth-order valence-electron chi connectivity index (χ4n) is 1.84. The van der Waals surface area contributed by atoms with Gasteiger partial charge < -0.3 is 10.4 Å². The molecule has 0 bridgehead atoms. The standard InChI is InChI=1S/C11H12BrNO3S/c12-8-3-2-7(17-8)9(14)13-6-11(10(15)16)4-1-5-11/h2-3H,1,4-6H2,(H,13,14)(H,15,16). The molecule has 2 N–H and O–H groups in total. The third kappa shape index (κ3) is 2.52. The van der Waals surface area contributed by atoms with E-state index in [4.69, 9.17) is 5.11 Å². The quantitative estimate of drug-likeness (QED) is 0.896. The summed E-state index contributed by atoms with van der Waals surface area (Å²) in [5, 5.41) is 11.8. The molecule has 1 aliphatic rings. The van der Waals surface area contributed by atoms with Gasteiger partial charge >= 0.3 is 5.97 Å². The second-order valence-corrected chi connectivity index (χ2v) is 6.69. The normalized spacial score (nSPS) is 17.2. The van der Waals surface area contributed by atoms with Crippen LogP contribution in [0.5, 0.6) is 0 Å². The first-order valence-corrected chi connectivity index (χ1v) is 6.91. The van der Waals surface area contributed by atoms with Crippen molar-refractivity contribution >= 4 is 39.1 Å². The zero-order valence-corrected chi connectivity index (χ0v) is 11.4. The molecule has 0 aromatic carbocycles. The third-order valence-corrected chi connectivity index (χ3v) is 4.77. The first-order valence-electron chi connectivity index (χ1n) is 5.30. The van der Waals surface area contributed by atoms with Gasteiger partial charge in [-0.25, -0.2) is 0 Å². The van der Waals surface area contributed by atoms with Crippen LogP contribution in [0.25, 0.3) is 0 Å². The van der Waals surface area contributed by atoms with E-state index in [9.17, 15) is 9.59 Å². The molecular weight excluding hydrogens is 306 g/mol. The lowest BCUT2D eigenvalue weighted by molar-refractivity contribution is -0.153. The van der Waals surface area contributed by atoms with Crippen LogP contribution in [-0.2, 0) is 4.79 Å². The topological polar surface area (TPSA) is 66.4 Å². The molecule has 0 atom stereocenters. The summed E-state index contributed by atoms with van der Waals surface area (Å²) in [6.45, 7) is 0.219. The Hall–Kier alpha value is -0.880. The van der Waals surface area contributed by atoms with Crippen LogP contribution < -0.4 is 5.32 Å². The molecule has 2 rings (SSSR count). The largest absolute Gasteiger partial charge is 0.481 e. The molecule has 0 spiro atoms. The number of carbonyl (C=O) groups is 2. The van der Waals surface area contributed by atoms with Gasteiger partial charge in [0.2, 0.25) is 0 Å². The van der Waals surface area contributed by atoms with Crippen molar-refractivity contribution in [1.29, 1.82) is 0 Å². The number of carboxylic acids is 1. The van der Waals surface area contributed by atoms with Gasteiger partial charge in [0.1, 0.15) is 0 Å². The highest BCUT2D eigenvalue weighted by atomic mass is 79.9. The lowest BCUT2D eigenvalue weighted by Gasteiger charge is -2.37. The summed E-state index contributed by atoms with van der Waals surface area (Å²) in [5.41, 5.74) is -0.732. The van der Waals surface area contributed by atoms with Gasteiger partial charge in [-0.2, -0.15) is 0 Å². The summed E-state index contributed by atoms with van der Waals surface area (Å²) >= 11 is 4.62. The second-order valence-electron chi connectivity index (χ2n) is 4.23. The average molecular weight is 318 g/mol. The van der Waals surface area contributed by atoms with Gasteiger partial charge in [-0.3, -0.25) is 9.59 Å². The van der Waals surface area contributed by atoms with E-state index < -0.39 is 11.4 Å². The van der Waals surface area contributed by atoms with E-state index in [0.29, 0.717) is 17.7 Å². The molecule has 0 radical (unpaired) electrons. The molecule has 1 aliphatic carbocycles. The Morgan fingerprint density at radius 1 is 1.47 bits per heavy atom. The second kappa shape index (κ2) is 4.78. The Labute approximate surface area is 111 Å². The number of thiophene rings is 1. The van der Waals surface area contributed by atoms with Crippen molar-refractivity contribution in [2.45, 2.75) is 19.3 Å². The number of hydrogen-bond acceptors (Lipinski definition) is 3. The van der Waals surface area contributed by atoms with E-state index in [2.05, 4.69) is 21.2 Å². The molecule has 17 heavy (non-hydrogen) atoms. The van der Waals surface area contributed by atoms with Crippen molar-refractivity contribution in [2.75, 3.05) is 6.54 Å². The van der Waals surface area contributed by atoms with E-state index in [1.807, 2.05) is 0 Å². The molecule has 1 saturated carbocycles. The number of rotatable bonds is 4. The highest BCUT2D eigenvalue weighted by molar-refractivity contribution is 9.11. The molecule has 1 heterocycles. The van der Waals surface area contributed by atoms with Gasteiger partial charge in [-0.15, -0.1) is 11.3 Å². The Kier molecular flexibility index (Phi) is 3.53. The smallest absolute Gasteiger partial charge is 0.311 e. The summed E-state index contributed by atoms with van der Waals surface area (Å²) in [4.78, 5) is 23.4. The van der Waals surface area contributed by atoms with E-state index in [0.717, 1.165) is 10.2 Å². The maximum Gasteiger partial charge on any atom is 0.311 e. The molecule has 0 aliphatic heterocycles. The Morgan fingerprint density at radius 3 is 2.59 bits per heavy atom. The van der Waals surface area contributed by atoms with Crippen LogP contribution >= 0.6 is 27.3 Å². The van der Waals surface area contributed by atoms with Gasteiger partial charge in [-0.05, 0) is 40.9 Å². The van der Waals surface area contributed by atoms with E-state index in [1.54, 1.807) is 12.1 Å². The molecule has 0 unspecified atom stereocenters. The minimum Gasteiger partial charge on any atom is -0.481 e. The van der Waals surface area contributed by atoms with Gasteiger partial charge in [0.25, 0.3) is 5.91 Å². The Morgan fingerprint density at radius 2 is 2.18 bits per heavy atom. The first-order chi connectivity index (χ1) is 8.03. The minimum absolute atomic E-state index is 0.201. The van der Waals surface area contributed by atoms with Crippen molar-refractivity contribution < 1.29 is 14.7 Å². The minimum atomic E-state index is -0.809. The summed E-state index contributed by atoms with van der Waals surface area (Å²) in [6.07, 6.45) is 2.22. The fourth-order valence-corrected chi connectivity index (χ4v) is 3.15. The van der Waals surface area contributed by atoms with Gasteiger partial charge in [0, 0.05) is 6.54 Å². The summed E-state index contributed by atoms with van der Waals surface area (Å²) in [5.74, 6) is -1.01. The summed E-state index contributed by atoms with van der Waals surface area (Å²) < 4.78 is 0.888. The van der Waals surface area contributed by atoms with Crippen molar-refractivity contribution in [3.05, 3.63) is 20.8 Å². The van der Waals surface area contributed by atoms with E-state index >= 15 is 0 Å². The molecule has 1 aromatic heterocycles. The Balaban J connectivity index is 1.94. The lowest BCUT2D eigenvalue weighted by atomic mass is 9.69. The zero-order valence-electron chi connectivity index (χ0n) is 9.03. The number of nitrogens with one attached hydrogen (secondary N) is 1.